The number of hydrogen-bond acceptors (Lipinski definition) is 3. The van der Waals surface area contributed by atoms with Gasteiger partial charge in [0.15, 0.2) is 11.6 Å². The minimum absolute atomic E-state index is 0.182. The topological polar surface area (TPSA) is 38.7 Å². The Balaban J connectivity index is 1.43. The molecule has 6 rings (SSSR count). The lowest BCUT2D eigenvalue weighted by Gasteiger charge is -2.09. The minimum atomic E-state index is 0.182. The predicted molar refractivity (Wildman–Crippen MR) is 136 cm³/mol. The first-order valence-corrected chi connectivity index (χ1v) is 11.1. The zero-order valence-electron chi connectivity index (χ0n) is 17.6. The summed E-state index contributed by atoms with van der Waals surface area (Å²) in [5.41, 5.74) is 4.04. The van der Waals surface area contributed by atoms with Crippen LogP contribution in [0, 0.1) is 0 Å². The molecule has 0 aliphatic rings. The Hall–Kier alpha value is -4.08. The molecule has 0 amide bonds. The number of benzene rings is 5. The Bertz CT molecular complexity index is 1630. The van der Waals surface area contributed by atoms with Gasteiger partial charge in [-0.15, -0.1) is 0 Å². The van der Waals surface area contributed by atoms with Crippen molar-refractivity contribution < 1.29 is 0 Å². The third-order valence-corrected chi connectivity index (χ3v) is 6.01. The Morgan fingerprint density at radius 3 is 1.94 bits per heavy atom. The van der Waals surface area contributed by atoms with E-state index in [4.69, 9.17) is 11.6 Å². The molecule has 156 valence electrons. The van der Waals surface area contributed by atoms with Crippen LogP contribution >= 0.6 is 11.6 Å². The zero-order valence-corrected chi connectivity index (χ0v) is 18.4. The van der Waals surface area contributed by atoms with Crippen molar-refractivity contribution in [3.8, 4) is 33.9 Å². The summed E-state index contributed by atoms with van der Waals surface area (Å²) >= 11 is 6.26. The molecule has 0 fully saturated rings. The maximum atomic E-state index is 6.26. The standard InChI is InChI=1S/C29H18ClN3/c30-29-32-27(20-8-2-1-3-9-20)31-28(33-29)24-11-6-10-21(18-24)22-15-16-26-23(17-22)14-13-19-7-4-5-12-25(19)26/h1-18H. The maximum absolute atomic E-state index is 6.26. The average Bonchev–Trinajstić information content (AvgIpc) is 2.88. The van der Waals surface area contributed by atoms with Gasteiger partial charge in [0, 0.05) is 11.1 Å². The van der Waals surface area contributed by atoms with Gasteiger partial charge < -0.3 is 0 Å². The van der Waals surface area contributed by atoms with Gasteiger partial charge in [0.2, 0.25) is 5.28 Å². The fourth-order valence-corrected chi connectivity index (χ4v) is 4.39. The van der Waals surface area contributed by atoms with Crippen molar-refractivity contribution in [2.24, 2.45) is 0 Å². The third-order valence-electron chi connectivity index (χ3n) is 5.84. The molecule has 33 heavy (non-hydrogen) atoms. The molecule has 1 aromatic heterocycles. The summed E-state index contributed by atoms with van der Waals surface area (Å²) in [5, 5.41) is 5.17. The molecule has 0 radical (unpaired) electrons. The van der Waals surface area contributed by atoms with Crippen molar-refractivity contribution in [3.05, 3.63) is 114 Å². The van der Waals surface area contributed by atoms with Crippen LogP contribution in [0.5, 0.6) is 0 Å². The molecule has 0 saturated heterocycles. The molecule has 0 spiro atoms. The molecule has 0 aliphatic heterocycles. The largest absolute Gasteiger partial charge is 0.226 e. The highest BCUT2D eigenvalue weighted by Crippen LogP contribution is 2.31. The van der Waals surface area contributed by atoms with Gasteiger partial charge in [0.05, 0.1) is 0 Å². The van der Waals surface area contributed by atoms with Gasteiger partial charge in [-0.05, 0) is 56.4 Å². The van der Waals surface area contributed by atoms with Gasteiger partial charge >= 0.3 is 0 Å². The predicted octanol–water partition coefficient (Wildman–Crippen LogP) is 7.83. The molecule has 5 aromatic carbocycles. The number of halogens is 1. The van der Waals surface area contributed by atoms with Crippen molar-refractivity contribution in [2.75, 3.05) is 0 Å². The van der Waals surface area contributed by atoms with E-state index >= 15 is 0 Å². The van der Waals surface area contributed by atoms with Crippen LogP contribution in [-0.4, -0.2) is 15.0 Å². The van der Waals surface area contributed by atoms with Gasteiger partial charge in [0.1, 0.15) is 0 Å². The molecule has 0 bridgehead atoms. The summed E-state index contributed by atoms with van der Waals surface area (Å²) in [6, 6.07) is 37.5. The van der Waals surface area contributed by atoms with Crippen LogP contribution in [0.15, 0.2) is 109 Å². The van der Waals surface area contributed by atoms with Gasteiger partial charge in [-0.1, -0.05) is 97.1 Å². The molecule has 0 unspecified atom stereocenters. The number of rotatable bonds is 3. The number of aromatic nitrogens is 3. The van der Waals surface area contributed by atoms with Gasteiger partial charge in [0.25, 0.3) is 0 Å². The lowest BCUT2D eigenvalue weighted by atomic mass is 9.96. The van der Waals surface area contributed by atoms with Crippen molar-refractivity contribution in [3.63, 3.8) is 0 Å². The average molecular weight is 444 g/mol. The van der Waals surface area contributed by atoms with Gasteiger partial charge in [-0.3, -0.25) is 0 Å². The normalized spacial score (nSPS) is 11.2. The first kappa shape index (κ1) is 19.6. The zero-order chi connectivity index (χ0) is 22.2. The number of nitrogens with zero attached hydrogens (tertiary/aromatic N) is 3. The molecule has 6 aromatic rings. The molecule has 0 saturated carbocycles. The maximum Gasteiger partial charge on any atom is 0.226 e. The lowest BCUT2D eigenvalue weighted by molar-refractivity contribution is 1.07. The van der Waals surface area contributed by atoms with Crippen molar-refractivity contribution in [1.82, 2.24) is 15.0 Å². The molecule has 4 heteroatoms. The summed E-state index contributed by atoms with van der Waals surface area (Å²) in [5.74, 6) is 1.12. The molecular formula is C29H18ClN3. The summed E-state index contributed by atoms with van der Waals surface area (Å²) in [6.07, 6.45) is 0. The molecular weight excluding hydrogens is 426 g/mol. The summed E-state index contributed by atoms with van der Waals surface area (Å²) < 4.78 is 0. The molecule has 0 N–H and O–H groups in total. The van der Waals surface area contributed by atoms with E-state index in [9.17, 15) is 0 Å². The number of hydrogen-bond donors (Lipinski definition) is 0. The Morgan fingerprint density at radius 1 is 0.424 bits per heavy atom. The summed E-state index contributed by atoms with van der Waals surface area (Å²) in [4.78, 5) is 13.4. The Kier molecular flexibility index (Phi) is 4.82. The number of fused-ring (bicyclic) bond motifs is 3. The van der Waals surface area contributed by atoms with E-state index in [0.29, 0.717) is 11.6 Å². The van der Waals surface area contributed by atoms with E-state index in [0.717, 1.165) is 22.3 Å². The molecule has 0 atom stereocenters. The van der Waals surface area contributed by atoms with Gasteiger partial charge in [-0.2, -0.15) is 9.97 Å². The van der Waals surface area contributed by atoms with E-state index in [-0.39, 0.29) is 5.28 Å². The van der Waals surface area contributed by atoms with Crippen molar-refractivity contribution in [1.29, 1.82) is 0 Å². The van der Waals surface area contributed by atoms with E-state index in [1.807, 2.05) is 42.5 Å². The minimum Gasteiger partial charge on any atom is -0.208 e. The van der Waals surface area contributed by atoms with Crippen LogP contribution < -0.4 is 0 Å². The van der Waals surface area contributed by atoms with E-state index in [2.05, 4.69) is 81.7 Å². The molecule has 1 heterocycles. The van der Waals surface area contributed by atoms with Crippen LogP contribution in [0.25, 0.3) is 55.4 Å². The van der Waals surface area contributed by atoms with Crippen LogP contribution in [0.1, 0.15) is 0 Å². The first-order chi connectivity index (χ1) is 16.2. The highest BCUT2D eigenvalue weighted by atomic mass is 35.5. The van der Waals surface area contributed by atoms with Crippen molar-refractivity contribution in [2.45, 2.75) is 0 Å². The molecule has 3 nitrogen and oxygen atoms in total. The smallest absolute Gasteiger partial charge is 0.208 e. The monoisotopic (exact) mass is 443 g/mol. The van der Waals surface area contributed by atoms with Crippen LogP contribution in [0.3, 0.4) is 0 Å². The third kappa shape index (κ3) is 3.73. The molecule has 0 aliphatic carbocycles. The van der Waals surface area contributed by atoms with Crippen LogP contribution in [0.4, 0.5) is 0 Å². The fraction of sp³-hybridized carbons (Fsp3) is 0. The van der Waals surface area contributed by atoms with Crippen LogP contribution in [0.2, 0.25) is 5.28 Å². The second kappa shape index (κ2) is 8.12. The van der Waals surface area contributed by atoms with Crippen LogP contribution in [-0.2, 0) is 0 Å². The highest BCUT2D eigenvalue weighted by Gasteiger charge is 2.11. The Morgan fingerprint density at radius 2 is 1.06 bits per heavy atom. The SMILES string of the molecule is Clc1nc(-c2ccccc2)nc(-c2cccc(-c3ccc4c(ccc5ccccc54)c3)c2)n1. The summed E-state index contributed by atoms with van der Waals surface area (Å²) in [6.45, 7) is 0. The lowest BCUT2D eigenvalue weighted by Crippen LogP contribution is -1.97. The van der Waals surface area contributed by atoms with E-state index in [1.165, 1.54) is 21.5 Å². The van der Waals surface area contributed by atoms with Gasteiger partial charge in [-0.25, -0.2) is 4.98 Å². The quantitative estimate of drug-likeness (QED) is 0.261. The second-order valence-electron chi connectivity index (χ2n) is 7.92. The Labute approximate surface area is 196 Å². The first-order valence-electron chi connectivity index (χ1n) is 10.7. The highest BCUT2D eigenvalue weighted by molar-refractivity contribution is 6.28. The summed E-state index contributed by atoms with van der Waals surface area (Å²) in [7, 11) is 0. The second-order valence-corrected chi connectivity index (χ2v) is 8.26. The van der Waals surface area contributed by atoms with Crippen molar-refractivity contribution >= 4 is 33.1 Å². The fourth-order valence-electron chi connectivity index (χ4n) is 4.23. The van der Waals surface area contributed by atoms with E-state index < -0.39 is 0 Å². The van der Waals surface area contributed by atoms with E-state index in [1.54, 1.807) is 0 Å².